The third kappa shape index (κ3) is 3.06. The molecule has 4 heteroatoms. The van der Waals surface area contributed by atoms with Gasteiger partial charge >= 0.3 is 5.97 Å². The molecule has 0 saturated heterocycles. The van der Waals surface area contributed by atoms with Gasteiger partial charge in [-0.05, 0) is 42.3 Å². The maximum Gasteiger partial charge on any atom is 0.335 e. The fourth-order valence-electron chi connectivity index (χ4n) is 2.35. The summed E-state index contributed by atoms with van der Waals surface area (Å²) in [5.74, 6) is -0.607. The lowest BCUT2D eigenvalue weighted by Crippen LogP contribution is -2.04. The van der Waals surface area contributed by atoms with Gasteiger partial charge in [-0.15, -0.1) is 0 Å². The van der Waals surface area contributed by atoms with E-state index in [1.807, 2.05) is 43.3 Å². The van der Waals surface area contributed by atoms with Gasteiger partial charge in [0.25, 0.3) is 0 Å². The minimum atomic E-state index is -1.07. The molecule has 3 aromatic rings. The van der Waals surface area contributed by atoms with Crippen LogP contribution < -0.4 is 5.43 Å². The van der Waals surface area contributed by atoms with Crippen molar-refractivity contribution in [1.29, 1.82) is 0 Å². The molecule has 2 aromatic carbocycles. The number of carbonyl (C=O) groups is 1. The number of hydrogen-bond donors (Lipinski definition) is 1. The topological polar surface area (TPSA) is 67.5 Å². The van der Waals surface area contributed by atoms with Gasteiger partial charge < -0.3 is 9.52 Å². The normalized spacial score (nSPS) is 11.6. The number of aromatic carboxylic acids is 1. The molecule has 1 aromatic heterocycles. The predicted molar refractivity (Wildman–Crippen MR) is 89.4 cm³/mol. The highest BCUT2D eigenvalue weighted by Crippen LogP contribution is 2.21. The molecule has 114 valence electrons. The van der Waals surface area contributed by atoms with Crippen molar-refractivity contribution in [1.82, 2.24) is 0 Å². The first-order chi connectivity index (χ1) is 11.0. The molecule has 0 unspecified atom stereocenters. The second kappa shape index (κ2) is 5.93. The highest BCUT2D eigenvalue weighted by atomic mass is 16.4. The van der Waals surface area contributed by atoms with E-state index in [2.05, 4.69) is 0 Å². The molecule has 0 aliphatic heterocycles. The fraction of sp³-hybridized carbons (Fsp3) is 0.0526. The van der Waals surface area contributed by atoms with E-state index in [0.717, 1.165) is 11.1 Å². The number of carboxylic acid groups (broad SMARTS) is 1. The van der Waals surface area contributed by atoms with E-state index >= 15 is 0 Å². The van der Waals surface area contributed by atoms with Crippen LogP contribution in [0.15, 0.2) is 63.8 Å². The monoisotopic (exact) mass is 306 g/mol. The average Bonchev–Trinajstić information content (AvgIpc) is 2.55. The summed E-state index contributed by atoms with van der Waals surface area (Å²) in [4.78, 5) is 23.2. The molecule has 0 amide bonds. The molecule has 3 rings (SSSR count). The number of rotatable bonds is 3. The molecule has 0 bridgehead atoms. The zero-order chi connectivity index (χ0) is 16.4. The lowest BCUT2D eigenvalue weighted by atomic mass is 10.1. The maximum atomic E-state index is 12.3. The van der Waals surface area contributed by atoms with Crippen LogP contribution in [0.1, 0.15) is 28.6 Å². The second-order valence-corrected chi connectivity index (χ2v) is 5.23. The number of carboxylic acids is 1. The third-order valence-corrected chi connectivity index (χ3v) is 3.55. The molecule has 1 heterocycles. The van der Waals surface area contributed by atoms with Gasteiger partial charge in [0.05, 0.1) is 10.9 Å². The predicted octanol–water partition coefficient (Wildman–Crippen LogP) is 4.05. The van der Waals surface area contributed by atoms with Gasteiger partial charge in [0.2, 0.25) is 0 Å². The zero-order valence-corrected chi connectivity index (χ0v) is 12.4. The maximum absolute atomic E-state index is 12.3. The first-order valence-electron chi connectivity index (χ1n) is 7.09. The Bertz CT molecular complexity index is 966. The van der Waals surface area contributed by atoms with Crippen LogP contribution in [0.5, 0.6) is 0 Å². The summed E-state index contributed by atoms with van der Waals surface area (Å²) in [5, 5.41) is 9.27. The Morgan fingerprint density at radius 1 is 1.09 bits per heavy atom. The summed E-state index contributed by atoms with van der Waals surface area (Å²) < 4.78 is 5.75. The van der Waals surface area contributed by atoms with Gasteiger partial charge in [-0.1, -0.05) is 30.3 Å². The Balaban J connectivity index is 2.10. The smallest absolute Gasteiger partial charge is 0.335 e. The van der Waals surface area contributed by atoms with Crippen molar-refractivity contribution in [3.8, 4) is 0 Å². The standard InChI is InChI=1S/C19H14O4/c1-12(9-13-5-3-2-4-6-13)18-11-16(20)15-10-14(19(21)22)7-8-17(15)23-18/h2-11H,1H3,(H,21,22). The van der Waals surface area contributed by atoms with E-state index in [9.17, 15) is 9.59 Å². The lowest BCUT2D eigenvalue weighted by molar-refractivity contribution is 0.0697. The van der Waals surface area contributed by atoms with E-state index in [0.29, 0.717) is 11.3 Å². The van der Waals surface area contributed by atoms with Gasteiger partial charge in [-0.2, -0.15) is 0 Å². The quantitative estimate of drug-likeness (QED) is 0.792. The summed E-state index contributed by atoms with van der Waals surface area (Å²) in [5.41, 5.74) is 2.00. The van der Waals surface area contributed by atoms with Gasteiger partial charge in [0, 0.05) is 6.07 Å². The van der Waals surface area contributed by atoms with Crippen LogP contribution in [-0.4, -0.2) is 11.1 Å². The summed E-state index contributed by atoms with van der Waals surface area (Å²) in [7, 11) is 0. The number of fused-ring (bicyclic) bond motifs is 1. The van der Waals surface area contributed by atoms with Crippen LogP contribution in [-0.2, 0) is 0 Å². The largest absolute Gasteiger partial charge is 0.478 e. The molecule has 0 saturated carbocycles. The number of hydrogen-bond acceptors (Lipinski definition) is 3. The van der Waals surface area contributed by atoms with Crippen LogP contribution in [0.4, 0.5) is 0 Å². The van der Waals surface area contributed by atoms with Crippen molar-refractivity contribution in [3.05, 3.63) is 81.7 Å². The lowest BCUT2D eigenvalue weighted by Gasteiger charge is -2.04. The molecular formula is C19H14O4. The van der Waals surface area contributed by atoms with E-state index in [1.54, 1.807) is 0 Å². The molecule has 0 radical (unpaired) electrons. The summed E-state index contributed by atoms with van der Waals surface area (Å²) in [6.07, 6.45) is 1.93. The average molecular weight is 306 g/mol. The van der Waals surface area contributed by atoms with Crippen molar-refractivity contribution in [3.63, 3.8) is 0 Å². The molecule has 0 fully saturated rings. The van der Waals surface area contributed by atoms with Crippen molar-refractivity contribution in [2.24, 2.45) is 0 Å². The van der Waals surface area contributed by atoms with Crippen LogP contribution in [0.25, 0.3) is 22.6 Å². The van der Waals surface area contributed by atoms with E-state index in [4.69, 9.17) is 9.52 Å². The van der Waals surface area contributed by atoms with Crippen molar-refractivity contribution in [2.45, 2.75) is 6.92 Å². The van der Waals surface area contributed by atoms with Crippen LogP contribution in [0, 0.1) is 0 Å². The Morgan fingerprint density at radius 3 is 2.52 bits per heavy atom. The first kappa shape index (κ1) is 14.8. The van der Waals surface area contributed by atoms with Crippen LogP contribution in [0.3, 0.4) is 0 Å². The Labute approximate surface area is 132 Å². The fourth-order valence-corrected chi connectivity index (χ4v) is 2.35. The van der Waals surface area contributed by atoms with Crippen molar-refractivity contribution < 1.29 is 14.3 Å². The Kier molecular flexibility index (Phi) is 3.81. The highest BCUT2D eigenvalue weighted by molar-refractivity contribution is 5.93. The minimum absolute atomic E-state index is 0.0640. The summed E-state index contributed by atoms with van der Waals surface area (Å²) in [6, 6.07) is 15.4. The van der Waals surface area contributed by atoms with E-state index in [-0.39, 0.29) is 16.4 Å². The zero-order valence-electron chi connectivity index (χ0n) is 12.4. The third-order valence-electron chi connectivity index (χ3n) is 3.55. The molecule has 0 spiro atoms. The highest BCUT2D eigenvalue weighted by Gasteiger charge is 2.10. The SMILES string of the molecule is CC(=Cc1ccccc1)c1cc(=O)c2cc(C(=O)O)ccc2o1. The number of benzene rings is 2. The van der Waals surface area contributed by atoms with Crippen molar-refractivity contribution >= 4 is 28.6 Å². The van der Waals surface area contributed by atoms with Gasteiger partial charge in [0.15, 0.2) is 5.43 Å². The first-order valence-corrected chi connectivity index (χ1v) is 7.09. The van der Waals surface area contributed by atoms with Gasteiger partial charge in [-0.25, -0.2) is 4.79 Å². The van der Waals surface area contributed by atoms with Crippen molar-refractivity contribution in [2.75, 3.05) is 0 Å². The van der Waals surface area contributed by atoms with Crippen LogP contribution in [0.2, 0.25) is 0 Å². The van der Waals surface area contributed by atoms with E-state index in [1.165, 1.54) is 24.3 Å². The Morgan fingerprint density at radius 2 is 1.83 bits per heavy atom. The Hall–Kier alpha value is -3.14. The molecule has 0 atom stereocenters. The summed E-state index contributed by atoms with van der Waals surface area (Å²) in [6.45, 7) is 1.86. The molecule has 0 aliphatic rings. The molecule has 0 aliphatic carbocycles. The molecule has 23 heavy (non-hydrogen) atoms. The summed E-state index contributed by atoms with van der Waals surface area (Å²) >= 11 is 0. The second-order valence-electron chi connectivity index (χ2n) is 5.23. The van der Waals surface area contributed by atoms with Gasteiger partial charge in [0.1, 0.15) is 11.3 Å². The minimum Gasteiger partial charge on any atom is -0.478 e. The van der Waals surface area contributed by atoms with Gasteiger partial charge in [-0.3, -0.25) is 4.79 Å². The van der Waals surface area contributed by atoms with Crippen LogP contribution >= 0.6 is 0 Å². The molecule has 1 N–H and O–H groups in total. The number of allylic oxidation sites excluding steroid dienone is 1. The van der Waals surface area contributed by atoms with E-state index < -0.39 is 5.97 Å². The molecular weight excluding hydrogens is 292 g/mol. The molecule has 4 nitrogen and oxygen atoms in total.